The topological polar surface area (TPSA) is 43.8 Å². The van der Waals surface area contributed by atoms with Gasteiger partial charge in [0.1, 0.15) is 6.61 Å². The van der Waals surface area contributed by atoms with Crippen LogP contribution in [0.2, 0.25) is 0 Å². The molecule has 1 aliphatic carbocycles. The van der Waals surface area contributed by atoms with Gasteiger partial charge in [-0.15, -0.1) is 0 Å². The number of carbonyl (C=O) groups is 1. The summed E-state index contributed by atoms with van der Waals surface area (Å²) in [6.07, 6.45) is 4.05. The second-order valence-electron chi connectivity index (χ2n) is 7.60. The van der Waals surface area contributed by atoms with Crippen LogP contribution in [0.3, 0.4) is 0 Å². The van der Waals surface area contributed by atoms with Crippen molar-refractivity contribution in [2.75, 3.05) is 25.1 Å². The number of fused-ring (bicyclic) bond motifs is 2. The molecule has 4 atom stereocenters. The molecule has 2 bridgehead atoms. The molecule has 1 spiro atoms. The fraction of sp³-hybridized carbons (Fsp3) is 0.450. The lowest BCUT2D eigenvalue weighted by molar-refractivity contribution is -0.119. The third-order valence-electron chi connectivity index (χ3n) is 6.84. The number of carbonyl (C=O) groups excluding carboxylic acids is 1. The van der Waals surface area contributed by atoms with Crippen molar-refractivity contribution in [3.8, 4) is 0 Å². The molecule has 5 rings (SSSR count). The van der Waals surface area contributed by atoms with Crippen LogP contribution in [-0.2, 0) is 10.2 Å². The predicted molar refractivity (Wildman–Crippen MR) is 92.8 cm³/mol. The number of aliphatic hydroxyl groups excluding tert-OH is 1. The number of anilines is 1. The number of ketones is 1. The highest BCUT2D eigenvalue weighted by Crippen LogP contribution is 2.62. The van der Waals surface area contributed by atoms with Crippen LogP contribution in [0.15, 0.2) is 48.2 Å². The van der Waals surface area contributed by atoms with Crippen LogP contribution in [0.25, 0.3) is 0 Å². The third-order valence-corrected chi connectivity index (χ3v) is 6.84. The van der Waals surface area contributed by atoms with Gasteiger partial charge in [0, 0.05) is 48.4 Å². The average Bonchev–Trinajstić information content (AvgIpc) is 3.12. The van der Waals surface area contributed by atoms with Crippen molar-refractivity contribution in [3.63, 3.8) is 0 Å². The Hall–Kier alpha value is -2.07. The Morgan fingerprint density at radius 2 is 2.21 bits per heavy atom. The van der Waals surface area contributed by atoms with E-state index in [1.807, 2.05) is 6.20 Å². The molecule has 0 radical (unpaired) electrons. The Morgan fingerprint density at radius 1 is 1.42 bits per heavy atom. The summed E-state index contributed by atoms with van der Waals surface area (Å²) in [5, 5.41) is 9.37. The van der Waals surface area contributed by atoms with Crippen LogP contribution in [0.1, 0.15) is 18.4 Å². The van der Waals surface area contributed by atoms with Crippen LogP contribution in [-0.4, -0.2) is 48.1 Å². The molecule has 3 heterocycles. The van der Waals surface area contributed by atoms with Gasteiger partial charge >= 0.3 is 0 Å². The second-order valence-corrected chi connectivity index (χ2v) is 7.60. The van der Waals surface area contributed by atoms with Gasteiger partial charge in [0.25, 0.3) is 0 Å². The number of hydrogen-bond acceptors (Lipinski definition) is 4. The van der Waals surface area contributed by atoms with Gasteiger partial charge < -0.3 is 14.9 Å². The second kappa shape index (κ2) is 4.51. The molecule has 1 aromatic rings. The first-order chi connectivity index (χ1) is 11.6. The zero-order chi connectivity index (χ0) is 16.6. The summed E-state index contributed by atoms with van der Waals surface area (Å²) in [5.41, 5.74) is 4.71. The van der Waals surface area contributed by atoms with E-state index in [1.54, 1.807) is 0 Å². The van der Waals surface area contributed by atoms with Crippen LogP contribution in [0.5, 0.6) is 0 Å². The lowest BCUT2D eigenvalue weighted by Crippen LogP contribution is -2.59. The number of Topliss-reactive ketones (excluding diaryl/α,β-unsaturated/α-hetero) is 1. The van der Waals surface area contributed by atoms with Crippen LogP contribution in [0, 0.1) is 5.92 Å². The number of para-hydroxylation sites is 1. The molecular weight excluding hydrogens is 300 g/mol. The van der Waals surface area contributed by atoms with Crippen molar-refractivity contribution in [2.45, 2.75) is 30.3 Å². The Bertz CT molecular complexity index is 799. The molecule has 4 aliphatic rings. The predicted octanol–water partition coefficient (Wildman–Crippen LogP) is 1.85. The highest BCUT2D eigenvalue weighted by atomic mass is 16.3. The SMILES string of the molecule is C=C1C2CC3N(C=C2C(=O)CO)CCC32c3ccccc3N(C)C12. The highest BCUT2D eigenvalue weighted by Gasteiger charge is 2.64. The molecule has 124 valence electrons. The zero-order valence-electron chi connectivity index (χ0n) is 13.9. The maximum Gasteiger partial charge on any atom is 0.186 e. The van der Waals surface area contributed by atoms with Crippen molar-refractivity contribution >= 4 is 11.5 Å². The van der Waals surface area contributed by atoms with Gasteiger partial charge in [-0.25, -0.2) is 0 Å². The van der Waals surface area contributed by atoms with E-state index in [0.717, 1.165) is 30.5 Å². The number of rotatable bonds is 2. The maximum atomic E-state index is 12.3. The van der Waals surface area contributed by atoms with Gasteiger partial charge in [0.05, 0.1) is 6.04 Å². The van der Waals surface area contributed by atoms with Crippen molar-refractivity contribution < 1.29 is 9.90 Å². The molecule has 24 heavy (non-hydrogen) atoms. The van der Waals surface area contributed by atoms with Gasteiger partial charge in [0.2, 0.25) is 0 Å². The first-order valence-corrected chi connectivity index (χ1v) is 8.72. The quantitative estimate of drug-likeness (QED) is 0.844. The van der Waals surface area contributed by atoms with Crippen molar-refractivity contribution in [2.24, 2.45) is 5.92 Å². The summed E-state index contributed by atoms with van der Waals surface area (Å²) in [6.45, 7) is 5.00. The van der Waals surface area contributed by atoms with Crippen molar-refractivity contribution in [1.82, 2.24) is 4.90 Å². The molecule has 1 saturated heterocycles. The first kappa shape index (κ1) is 14.3. The van der Waals surface area contributed by atoms with E-state index in [4.69, 9.17) is 0 Å². The van der Waals surface area contributed by atoms with Gasteiger partial charge in [-0.2, -0.15) is 0 Å². The highest BCUT2D eigenvalue weighted by molar-refractivity contribution is 5.97. The molecule has 4 unspecified atom stereocenters. The summed E-state index contributed by atoms with van der Waals surface area (Å²) in [7, 11) is 2.16. The maximum absolute atomic E-state index is 12.3. The molecule has 0 aromatic heterocycles. The van der Waals surface area contributed by atoms with Crippen LogP contribution in [0.4, 0.5) is 5.69 Å². The van der Waals surface area contributed by atoms with E-state index in [0.29, 0.717) is 6.04 Å². The Balaban J connectivity index is 1.72. The standard InChI is InChI=1S/C20H22N2O2/c1-12-13-9-18-20(7-8-22(18)10-14(13)17(24)11-23)15-5-3-4-6-16(15)21(2)19(12)20/h3-6,10,13,18-19,23H,1,7-9,11H2,2H3. The Morgan fingerprint density at radius 3 is 3.00 bits per heavy atom. The number of nitrogens with zero attached hydrogens (tertiary/aromatic N) is 2. The van der Waals surface area contributed by atoms with E-state index in [-0.39, 0.29) is 23.2 Å². The van der Waals surface area contributed by atoms with Gasteiger partial charge in [-0.1, -0.05) is 24.8 Å². The summed E-state index contributed by atoms with van der Waals surface area (Å²) < 4.78 is 0. The molecule has 1 N–H and O–H groups in total. The number of likely N-dealkylation sites (N-methyl/N-ethyl adjacent to an activating group) is 1. The number of aliphatic hydroxyl groups is 1. The monoisotopic (exact) mass is 322 g/mol. The lowest BCUT2D eigenvalue weighted by atomic mass is 9.58. The Labute approximate surface area is 142 Å². The molecule has 1 saturated carbocycles. The Kier molecular flexibility index (Phi) is 2.69. The smallest absolute Gasteiger partial charge is 0.186 e. The fourth-order valence-corrected chi connectivity index (χ4v) is 5.97. The number of benzene rings is 1. The van der Waals surface area contributed by atoms with Crippen LogP contribution < -0.4 is 4.90 Å². The summed E-state index contributed by atoms with van der Waals surface area (Å²) in [5.74, 6) is -0.0870. The van der Waals surface area contributed by atoms with E-state index in [1.165, 1.54) is 11.3 Å². The fourth-order valence-electron chi connectivity index (χ4n) is 5.97. The minimum absolute atomic E-state index is 0.0684. The molecule has 1 aromatic carbocycles. The average molecular weight is 322 g/mol. The van der Waals surface area contributed by atoms with E-state index >= 15 is 0 Å². The van der Waals surface area contributed by atoms with E-state index in [2.05, 4.69) is 47.7 Å². The van der Waals surface area contributed by atoms with Gasteiger partial charge in [-0.05, 0) is 30.0 Å². The van der Waals surface area contributed by atoms with E-state index in [9.17, 15) is 9.90 Å². The lowest BCUT2D eigenvalue weighted by Gasteiger charge is -2.52. The largest absolute Gasteiger partial charge is 0.388 e. The molecule has 4 heteroatoms. The minimum Gasteiger partial charge on any atom is -0.388 e. The molecule has 3 aliphatic heterocycles. The van der Waals surface area contributed by atoms with Gasteiger partial charge in [0.15, 0.2) is 5.78 Å². The molecule has 4 nitrogen and oxygen atoms in total. The third kappa shape index (κ3) is 1.42. The normalized spacial score (nSPS) is 35.7. The summed E-state index contributed by atoms with van der Waals surface area (Å²) >= 11 is 0. The summed E-state index contributed by atoms with van der Waals surface area (Å²) in [4.78, 5) is 17.0. The van der Waals surface area contributed by atoms with Crippen molar-refractivity contribution in [3.05, 3.63) is 53.8 Å². The molecular formula is C20H22N2O2. The van der Waals surface area contributed by atoms with E-state index < -0.39 is 6.61 Å². The first-order valence-electron chi connectivity index (χ1n) is 8.72. The zero-order valence-corrected chi connectivity index (χ0v) is 13.9. The van der Waals surface area contributed by atoms with Gasteiger partial charge in [-0.3, -0.25) is 4.79 Å². The molecule has 2 fully saturated rings. The molecule has 0 amide bonds. The minimum atomic E-state index is -0.417. The summed E-state index contributed by atoms with van der Waals surface area (Å²) in [6, 6.07) is 9.37. The van der Waals surface area contributed by atoms with Crippen LogP contribution >= 0.6 is 0 Å². The van der Waals surface area contributed by atoms with Crippen molar-refractivity contribution in [1.29, 1.82) is 0 Å². The number of hydrogen-bond donors (Lipinski definition) is 1.